The highest BCUT2D eigenvalue weighted by atomic mass is 33.1. The molecule has 1 aliphatic rings. The number of carbonyl (C=O) groups is 1. The van der Waals surface area contributed by atoms with Crippen LogP contribution in [0, 0.1) is 0 Å². The molecule has 1 saturated heterocycles. The van der Waals surface area contributed by atoms with Crippen LogP contribution in [0.5, 0.6) is 0 Å². The Labute approximate surface area is 120 Å². The van der Waals surface area contributed by atoms with Crippen LogP contribution >= 0.6 is 21.6 Å². The summed E-state index contributed by atoms with van der Waals surface area (Å²) in [5.41, 5.74) is 3.77. The van der Waals surface area contributed by atoms with Crippen LogP contribution in [-0.4, -0.2) is 55.2 Å². The molecule has 1 atom stereocenters. The maximum Gasteiger partial charge on any atom is 0.344 e. The van der Waals surface area contributed by atoms with E-state index in [0.717, 1.165) is 4.57 Å². The van der Waals surface area contributed by atoms with Crippen LogP contribution < -0.4 is 22.2 Å². The molecule has 2 rings (SSSR count). The van der Waals surface area contributed by atoms with Gasteiger partial charge in [-0.25, -0.2) is 29.1 Å². The standard InChI is InChI=1S/C8H14N6O4S2/c15-5-9-10-6(16)13(5)1-3-19-20-4-2-14-7(17)11-12-8(14)18/h5,9,15H,1-4H2,(H,10,16)(H,11,17)(H,12,18). The van der Waals surface area contributed by atoms with E-state index >= 15 is 0 Å². The highest BCUT2D eigenvalue weighted by Gasteiger charge is 2.27. The van der Waals surface area contributed by atoms with Gasteiger partial charge < -0.3 is 5.11 Å². The van der Waals surface area contributed by atoms with Crippen molar-refractivity contribution < 1.29 is 9.90 Å². The molecular weight excluding hydrogens is 308 g/mol. The third-order valence-electron chi connectivity index (χ3n) is 2.53. The maximum absolute atomic E-state index is 11.2. The summed E-state index contributed by atoms with van der Waals surface area (Å²) in [5.74, 6) is 1.20. The normalized spacial score (nSPS) is 18.6. The lowest BCUT2D eigenvalue weighted by Gasteiger charge is -2.16. The topological polar surface area (TPSA) is 135 Å². The number of rotatable bonds is 7. The van der Waals surface area contributed by atoms with Gasteiger partial charge in [0.1, 0.15) is 0 Å². The summed E-state index contributed by atoms with van der Waals surface area (Å²) in [5, 5.41) is 13.8. The highest BCUT2D eigenvalue weighted by Crippen LogP contribution is 2.21. The fraction of sp³-hybridized carbons (Fsp3) is 0.625. The molecule has 20 heavy (non-hydrogen) atoms. The minimum atomic E-state index is -1.01. The average Bonchev–Trinajstić information content (AvgIpc) is 2.90. The molecule has 0 radical (unpaired) electrons. The fourth-order valence-corrected chi connectivity index (χ4v) is 3.45. The lowest BCUT2D eigenvalue weighted by atomic mass is 10.6. The summed E-state index contributed by atoms with van der Waals surface area (Å²) in [6.07, 6.45) is -1.01. The fourth-order valence-electron chi connectivity index (χ4n) is 1.53. The Bertz CT molecular complexity index is 540. The second kappa shape index (κ2) is 6.88. The molecule has 1 fully saturated rings. The number of H-pyrrole nitrogens is 2. The zero-order valence-electron chi connectivity index (χ0n) is 10.3. The van der Waals surface area contributed by atoms with Crippen LogP contribution in [0.25, 0.3) is 0 Å². The molecule has 2 amide bonds. The zero-order valence-corrected chi connectivity index (χ0v) is 11.9. The third kappa shape index (κ3) is 3.59. The van der Waals surface area contributed by atoms with Gasteiger partial charge in [-0.15, -0.1) is 0 Å². The van der Waals surface area contributed by atoms with Gasteiger partial charge in [-0.2, -0.15) is 5.43 Å². The van der Waals surface area contributed by atoms with Gasteiger partial charge in [0.15, 0.2) is 0 Å². The van der Waals surface area contributed by atoms with E-state index < -0.39 is 17.7 Å². The Balaban J connectivity index is 1.62. The summed E-state index contributed by atoms with van der Waals surface area (Å²) >= 11 is 0. The Morgan fingerprint density at radius 3 is 2.20 bits per heavy atom. The Morgan fingerprint density at radius 2 is 1.65 bits per heavy atom. The first kappa shape index (κ1) is 15.0. The van der Waals surface area contributed by atoms with Gasteiger partial charge in [0.25, 0.3) is 0 Å². The molecule has 1 aromatic rings. The molecular formula is C8H14N6O4S2. The van der Waals surface area contributed by atoms with Gasteiger partial charge in [-0.05, 0) is 0 Å². The van der Waals surface area contributed by atoms with Crippen molar-refractivity contribution in [1.82, 2.24) is 30.5 Å². The second-order valence-electron chi connectivity index (χ2n) is 3.80. The van der Waals surface area contributed by atoms with Crippen molar-refractivity contribution in [2.75, 3.05) is 18.1 Å². The van der Waals surface area contributed by atoms with Gasteiger partial charge >= 0.3 is 17.4 Å². The molecule has 2 heterocycles. The third-order valence-corrected chi connectivity index (χ3v) is 4.89. The van der Waals surface area contributed by atoms with Crippen molar-refractivity contribution in [2.45, 2.75) is 12.9 Å². The quantitative estimate of drug-likeness (QED) is 0.291. The molecule has 1 unspecified atom stereocenters. The molecule has 112 valence electrons. The van der Waals surface area contributed by atoms with E-state index in [2.05, 4.69) is 21.0 Å². The van der Waals surface area contributed by atoms with Crippen molar-refractivity contribution in [3.8, 4) is 0 Å². The molecule has 0 spiro atoms. The number of urea groups is 1. The van der Waals surface area contributed by atoms with E-state index in [1.165, 1.54) is 26.5 Å². The first-order valence-corrected chi connectivity index (χ1v) is 8.20. The van der Waals surface area contributed by atoms with Crippen LogP contribution in [0.3, 0.4) is 0 Å². The molecule has 0 aromatic carbocycles. The lowest BCUT2D eigenvalue weighted by molar-refractivity contribution is 0.0393. The van der Waals surface area contributed by atoms with Crippen molar-refractivity contribution in [3.63, 3.8) is 0 Å². The highest BCUT2D eigenvalue weighted by molar-refractivity contribution is 8.76. The second-order valence-corrected chi connectivity index (χ2v) is 6.50. The average molecular weight is 322 g/mol. The van der Waals surface area contributed by atoms with Gasteiger partial charge in [0.2, 0.25) is 6.35 Å². The van der Waals surface area contributed by atoms with Crippen LogP contribution in [0.2, 0.25) is 0 Å². The number of hydrogen-bond donors (Lipinski definition) is 5. The van der Waals surface area contributed by atoms with E-state index in [1.807, 2.05) is 0 Å². The van der Waals surface area contributed by atoms with Crippen LogP contribution in [0.15, 0.2) is 9.59 Å². The molecule has 10 nitrogen and oxygen atoms in total. The van der Waals surface area contributed by atoms with Gasteiger partial charge in [-0.1, -0.05) is 21.6 Å². The number of amides is 2. The molecule has 5 N–H and O–H groups in total. The lowest BCUT2D eigenvalue weighted by Crippen LogP contribution is -2.38. The predicted molar refractivity (Wildman–Crippen MR) is 75.0 cm³/mol. The number of aromatic nitrogens is 3. The van der Waals surface area contributed by atoms with Crippen LogP contribution in [0.4, 0.5) is 4.79 Å². The zero-order chi connectivity index (χ0) is 14.5. The SMILES string of the molecule is O=C1NNC(O)N1CCSSCCn1c(=O)[nH][nH]c1=O. The number of nitrogens with one attached hydrogen (secondary N) is 4. The number of aliphatic hydroxyl groups excluding tert-OH is 1. The van der Waals surface area contributed by atoms with Gasteiger partial charge in [-0.3, -0.25) is 10.3 Å². The monoisotopic (exact) mass is 322 g/mol. The van der Waals surface area contributed by atoms with Gasteiger partial charge in [0.05, 0.1) is 0 Å². The minimum Gasteiger partial charge on any atom is -0.360 e. The van der Waals surface area contributed by atoms with E-state index in [1.54, 1.807) is 0 Å². The van der Waals surface area contributed by atoms with E-state index in [4.69, 9.17) is 0 Å². The maximum atomic E-state index is 11.2. The Kier molecular flexibility index (Phi) is 5.17. The summed E-state index contributed by atoms with van der Waals surface area (Å²) in [7, 11) is 2.98. The molecule has 0 saturated carbocycles. The molecule has 1 aromatic heterocycles. The summed E-state index contributed by atoms with van der Waals surface area (Å²) in [6.45, 7) is 0.700. The van der Waals surface area contributed by atoms with Crippen molar-refractivity contribution in [2.24, 2.45) is 0 Å². The Morgan fingerprint density at radius 1 is 1.05 bits per heavy atom. The number of nitrogens with zero attached hydrogens (tertiary/aromatic N) is 2. The van der Waals surface area contributed by atoms with Crippen molar-refractivity contribution in [1.29, 1.82) is 0 Å². The smallest absolute Gasteiger partial charge is 0.344 e. The van der Waals surface area contributed by atoms with E-state index in [0.29, 0.717) is 24.6 Å². The summed E-state index contributed by atoms with van der Waals surface area (Å²) in [6, 6.07) is -0.367. The first-order valence-electron chi connectivity index (χ1n) is 5.71. The number of hydrogen-bond acceptors (Lipinski definition) is 7. The summed E-state index contributed by atoms with van der Waals surface area (Å²) in [4.78, 5) is 34.9. The van der Waals surface area contributed by atoms with E-state index in [9.17, 15) is 19.5 Å². The van der Waals surface area contributed by atoms with Crippen LogP contribution in [-0.2, 0) is 6.54 Å². The number of hydrazine groups is 1. The minimum absolute atomic E-state index is 0.309. The van der Waals surface area contributed by atoms with Crippen molar-refractivity contribution >= 4 is 27.6 Å². The molecule has 0 bridgehead atoms. The van der Waals surface area contributed by atoms with Crippen LogP contribution in [0.1, 0.15) is 0 Å². The molecule has 0 aliphatic carbocycles. The molecule has 12 heteroatoms. The number of carbonyl (C=O) groups excluding carboxylic acids is 1. The number of aliphatic hydroxyl groups is 1. The summed E-state index contributed by atoms with van der Waals surface area (Å²) < 4.78 is 1.08. The number of aromatic amines is 2. The van der Waals surface area contributed by atoms with Gasteiger partial charge in [0, 0.05) is 24.6 Å². The molecule has 1 aliphatic heterocycles. The predicted octanol–water partition coefficient (Wildman–Crippen LogP) is -1.95. The Hall–Kier alpha value is -1.37. The van der Waals surface area contributed by atoms with Crippen molar-refractivity contribution in [3.05, 3.63) is 21.0 Å². The largest absolute Gasteiger partial charge is 0.360 e. The van der Waals surface area contributed by atoms with E-state index in [-0.39, 0.29) is 6.03 Å². The first-order chi connectivity index (χ1) is 9.59.